The summed E-state index contributed by atoms with van der Waals surface area (Å²) in [5, 5.41) is 12.0. The first-order valence-electron chi connectivity index (χ1n) is 6.99. The maximum atomic E-state index is 12.1. The van der Waals surface area contributed by atoms with Crippen molar-refractivity contribution in [3.8, 4) is 0 Å². The van der Waals surface area contributed by atoms with Crippen LogP contribution in [0.4, 0.5) is 4.79 Å². The number of likely N-dealkylation sites (tertiary alicyclic amines) is 1. The van der Waals surface area contributed by atoms with Crippen molar-refractivity contribution in [2.24, 2.45) is 5.41 Å². The largest absolute Gasteiger partial charge is 0.480 e. The zero-order valence-corrected chi connectivity index (χ0v) is 13.6. The highest BCUT2D eigenvalue weighted by atomic mass is 32.2. The summed E-state index contributed by atoms with van der Waals surface area (Å²) in [7, 11) is -3.05. The molecule has 1 rings (SSSR count). The number of amides is 2. The summed E-state index contributed by atoms with van der Waals surface area (Å²) < 4.78 is 22.0. The molecule has 0 aromatic rings. The second-order valence-corrected chi connectivity index (χ2v) is 8.50. The van der Waals surface area contributed by atoms with Crippen LogP contribution in [0.5, 0.6) is 0 Å². The highest BCUT2D eigenvalue weighted by Crippen LogP contribution is 2.35. The number of nitrogens with one attached hydrogen (secondary N) is 1. The normalized spacial score (nSPS) is 21.9. The van der Waals surface area contributed by atoms with Crippen molar-refractivity contribution >= 4 is 21.8 Å². The number of nitrogens with zero attached hydrogens (tertiary/aromatic N) is 1. The van der Waals surface area contributed by atoms with Crippen molar-refractivity contribution in [3.63, 3.8) is 0 Å². The van der Waals surface area contributed by atoms with Crippen LogP contribution in [-0.4, -0.2) is 61.6 Å². The third-order valence-corrected chi connectivity index (χ3v) is 4.77. The van der Waals surface area contributed by atoms with Crippen molar-refractivity contribution in [1.82, 2.24) is 10.2 Å². The van der Waals surface area contributed by atoms with Gasteiger partial charge in [0.2, 0.25) is 0 Å². The topological polar surface area (TPSA) is 104 Å². The van der Waals surface area contributed by atoms with E-state index in [-0.39, 0.29) is 12.3 Å². The van der Waals surface area contributed by atoms with Gasteiger partial charge in [0.25, 0.3) is 0 Å². The predicted molar refractivity (Wildman–Crippen MR) is 78.9 cm³/mol. The summed E-state index contributed by atoms with van der Waals surface area (Å²) in [6, 6.07) is -1.30. The van der Waals surface area contributed by atoms with Gasteiger partial charge < -0.3 is 15.3 Å². The molecule has 7 nitrogen and oxygen atoms in total. The molecule has 1 unspecified atom stereocenters. The molecule has 0 radical (unpaired) electrons. The Labute approximate surface area is 125 Å². The van der Waals surface area contributed by atoms with Crippen molar-refractivity contribution in [3.05, 3.63) is 0 Å². The third-order valence-electron chi connectivity index (χ3n) is 3.73. The molecule has 1 atom stereocenters. The molecular formula is C13H24N2O5S. The first-order valence-corrected chi connectivity index (χ1v) is 9.06. The van der Waals surface area contributed by atoms with E-state index < -0.39 is 33.3 Å². The van der Waals surface area contributed by atoms with Gasteiger partial charge in [-0.3, -0.25) is 0 Å². The molecule has 1 saturated heterocycles. The average molecular weight is 320 g/mol. The second-order valence-electron chi connectivity index (χ2n) is 6.24. The van der Waals surface area contributed by atoms with Crippen molar-refractivity contribution in [1.29, 1.82) is 0 Å². The Kier molecular flexibility index (Phi) is 5.61. The minimum Gasteiger partial charge on any atom is -0.480 e. The molecule has 21 heavy (non-hydrogen) atoms. The highest BCUT2D eigenvalue weighted by Gasteiger charge is 2.44. The molecule has 0 aromatic heterocycles. The van der Waals surface area contributed by atoms with Gasteiger partial charge in [-0.15, -0.1) is 0 Å². The van der Waals surface area contributed by atoms with Crippen molar-refractivity contribution in [2.45, 2.75) is 39.2 Å². The van der Waals surface area contributed by atoms with E-state index >= 15 is 0 Å². The number of aliphatic carboxylic acids is 1. The van der Waals surface area contributed by atoms with Crippen LogP contribution in [0, 0.1) is 5.41 Å². The quantitative estimate of drug-likeness (QED) is 0.726. The van der Waals surface area contributed by atoms with Gasteiger partial charge in [-0.1, -0.05) is 13.8 Å². The van der Waals surface area contributed by atoms with Gasteiger partial charge in [0, 0.05) is 19.3 Å². The Morgan fingerprint density at radius 2 is 2.00 bits per heavy atom. The molecule has 1 fully saturated rings. The number of urea groups is 1. The fraction of sp³-hybridized carbons (Fsp3) is 0.846. The number of piperidine rings is 1. The van der Waals surface area contributed by atoms with Gasteiger partial charge in [0.05, 0.1) is 5.75 Å². The molecule has 122 valence electrons. The maximum absolute atomic E-state index is 12.1. The van der Waals surface area contributed by atoms with Crippen LogP contribution < -0.4 is 5.32 Å². The zero-order chi connectivity index (χ0) is 16.3. The molecule has 1 aliphatic rings. The molecule has 0 aliphatic carbocycles. The molecular weight excluding hydrogens is 296 g/mol. The van der Waals surface area contributed by atoms with Crippen LogP contribution in [0.1, 0.15) is 33.1 Å². The van der Waals surface area contributed by atoms with E-state index in [4.69, 9.17) is 0 Å². The smallest absolute Gasteiger partial charge is 0.327 e. The van der Waals surface area contributed by atoms with E-state index in [1.807, 2.05) is 13.8 Å². The Hall–Kier alpha value is -1.31. The Morgan fingerprint density at radius 3 is 2.52 bits per heavy atom. The molecule has 1 aliphatic heterocycles. The lowest BCUT2D eigenvalue weighted by molar-refractivity contribution is -0.148. The molecule has 2 amide bonds. The molecule has 0 saturated carbocycles. The zero-order valence-electron chi connectivity index (χ0n) is 12.8. The Bertz CT molecular complexity index is 501. The van der Waals surface area contributed by atoms with Crippen LogP contribution in [0.2, 0.25) is 0 Å². The molecule has 8 heteroatoms. The van der Waals surface area contributed by atoms with Crippen LogP contribution in [0.15, 0.2) is 0 Å². The number of carboxylic acid groups (broad SMARTS) is 1. The van der Waals surface area contributed by atoms with E-state index in [9.17, 15) is 23.1 Å². The van der Waals surface area contributed by atoms with Crippen LogP contribution in [0.25, 0.3) is 0 Å². The summed E-state index contributed by atoms with van der Waals surface area (Å²) in [6.07, 6.45) is 2.97. The summed E-state index contributed by atoms with van der Waals surface area (Å²) in [5.41, 5.74) is -0.478. The summed E-state index contributed by atoms with van der Waals surface area (Å²) in [6.45, 7) is 4.30. The fourth-order valence-electron chi connectivity index (χ4n) is 2.71. The van der Waals surface area contributed by atoms with Gasteiger partial charge >= 0.3 is 12.0 Å². The van der Waals surface area contributed by atoms with Gasteiger partial charge in [0.15, 0.2) is 0 Å². The van der Waals surface area contributed by atoms with Crippen molar-refractivity contribution < 1.29 is 23.1 Å². The van der Waals surface area contributed by atoms with Crippen LogP contribution in [-0.2, 0) is 14.6 Å². The van der Waals surface area contributed by atoms with E-state index in [0.717, 1.165) is 19.1 Å². The molecule has 0 spiro atoms. The number of carbonyl (C=O) groups is 2. The van der Waals surface area contributed by atoms with Gasteiger partial charge in [-0.05, 0) is 24.7 Å². The number of sulfone groups is 1. The highest BCUT2D eigenvalue weighted by molar-refractivity contribution is 7.90. The Morgan fingerprint density at radius 1 is 1.38 bits per heavy atom. The first-order chi connectivity index (χ1) is 9.54. The van der Waals surface area contributed by atoms with Gasteiger partial charge in [-0.25, -0.2) is 18.0 Å². The van der Waals surface area contributed by atoms with Crippen molar-refractivity contribution in [2.75, 3.05) is 25.1 Å². The molecule has 2 N–H and O–H groups in total. The lowest BCUT2D eigenvalue weighted by Gasteiger charge is -2.43. The number of hydrogen-bond donors (Lipinski definition) is 2. The fourth-order valence-corrected chi connectivity index (χ4v) is 3.38. The summed E-state index contributed by atoms with van der Waals surface area (Å²) in [5.74, 6) is -1.01. The SMILES string of the molecule is CC1(C)CCCN(C(=O)NCCCS(C)(=O)=O)C1C(=O)O. The summed E-state index contributed by atoms with van der Waals surface area (Å²) in [4.78, 5) is 24.9. The van der Waals surface area contributed by atoms with Crippen LogP contribution in [0.3, 0.4) is 0 Å². The average Bonchev–Trinajstić information content (AvgIpc) is 2.31. The number of carbonyl (C=O) groups excluding carboxylic acids is 1. The molecule has 0 bridgehead atoms. The lowest BCUT2D eigenvalue weighted by atomic mass is 9.76. The molecule has 0 aromatic carbocycles. The standard InChI is InChI=1S/C13H24N2O5S/c1-13(2)6-4-8-15(10(13)11(16)17)12(18)14-7-5-9-21(3,19)20/h10H,4-9H2,1-3H3,(H,14,18)(H,16,17). The number of rotatable bonds is 5. The van der Waals surface area contributed by atoms with E-state index in [2.05, 4.69) is 5.32 Å². The van der Waals surface area contributed by atoms with E-state index in [1.54, 1.807) is 0 Å². The second kappa shape index (κ2) is 6.64. The minimum absolute atomic E-state index is 0.00112. The Balaban J connectivity index is 2.61. The number of hydrogen-bond acceptors (Lipinski definition) is 4. The van der Waals surface area contributed by atoms with E-state index in [1.165, 1.54) is 4.90 Å². The van der Waals surface area contributed by atoms with E-state index in [0.29, 0.717) is 13.0 Å². The number of carboxylic acids is 1. The summed E-state index contributed by atoms with van der Waals surface area (Å²) >= 11 is 0. The lowest BCUT2D eigenvalue weighted by Crippen LogP contribution is -2.58. The minimum atomic E-state index is -3.05. The third kappa shape index (κ3) is 5.18. The van der Waals surface area contributed by atoms with Gasteiger partial charge in [-0.2, -0.15) is 0 Å². The first kappa shape index (κ1) is 17.7. The monoisotopic (exact) mass is 320 g/mol. The maximum Gasteiger partial charge on any atom is 0.327 e. The van der Waals surface area contributed by atoms with Gasteiger partial charge in [0.1, 0.15) is 15.9 Å². The predicted octanol–water partition coefficient (Wildman–Crippen LogP) is 0.706. The molecule has 1 heterocycles. The van der Waals surface area contributed by atoms with Crippen LogP contribution >= 0.6 is 0 Å².